The fraction of sp³-hybridized carbons (Fsp3) is 0.364. The number of amidine groups is 1. The Hall–Kier alpha value is -1.69. The van der Waals surface area contributed by atoms with E-state index in [2.05, 4.69) is 15.6 Å². The van der Waals surface area contributed by atoms with Crippen molar-refractivity contribution in [2.45, 2.75) is 53.6 Å². The van der Waals surface area contributed by atoms with Crippen LogP contribution < -0.4 is 0 Å². The third kappa shape index (κ3) is 4.27. The van der Waals surface area contributed by atoms with Gasteiger partial charge in [0, 0.05) is 23.5 Å². The number of amides is 1. The molecular formula is C22H25Cl2N3OS. The minimum Gasteiger partial charge on any atom is -0.316 e. The number of nitrogens with zero attached hydrogens (tertiary/aromatic N) is 3. The molecule has 1 amide bonds. The summed E-state index contributed by atoms with van der Waals surface area (Å²) in [6.07, 6.45) is 1.95. The van der Waals surface area contributed by atoms with Crippen molar-refractivity contribution in [2.75, 3.05) is 0 Å². The summed E-state index contributed by atoms with van der Waals surface area (Å²) in [7, 11) is 0. The molecule has 0 radical (unpaired) electrons. The van der Waals surface area contributed by atoms with E-state index >= 15 is 0 Å². The largest absolute Gasteiger partial charge is 0.316 e. The van der Waals surface area contributed by atoms with Crippen molar-refractivity contribution in [1.82, 2.24) is 9.47 Å². The lowest BCUT2D eigenvalue weighted by atomic mass is 10.2. The van der Waals surface area contributed by atoms with Crippen molar-refractivity contribution in [3.63, 3.8) is 0 Å². The molecule has 2 aromatic rings. The third-order valence-corrected chi connectivity index (χ3v) is 6.46. The Balaban J connectivity index is 2.06. The zero-order valence-corrected chi connectivity index (χ0v) is 19.8. The first-order chi connectivity index (χ1) is 13.6. The van der Waals surface area contributed by atoms with E-state index in [0.717, 1.165) is 27.8 Å². The van der Waals surface area contributed by atoms with Crippen LogP contribution in [0.4, 0.5) is 0 Å². The summed E-state index contributed by atoms with van der Waals surface area (Å²) < 4.78 is 2.06. The molecule has 0 bridgehead atoms. The molecule has 0 unspecified atom stereocenters. The number of aromatic nitrogens is 1. The minimum absolute atomic E-state index is 0.00464. The van der Waals surface area contributed by atoms with E-state index in [-0.39, 0.29) is 18.0 Å². The summed E-state index contributed by atoms with van der Waals surface area (Å²) in [4.78, 5) is 20.1. The van der Waals surface area contributed by atoms with Crippen LogP contribution >= 0.6 is 35.0 Å². The van der Waals surface area contributed by atoms with Crippen molar-refractivity contribution in [3.05, 3.63) is 56.2 Å². The molecule has 7 heteroatoms. The molecule has 0 spiro atoms. The van der Waals surface area contributed by atoms with E-state index in [1.165, 1.54) is 11.8 Å². The molecule has 2 heterocycles. The fourth-order valence-corrected chi connectivity index (χ4v) is 4.97. The lowest BCUT2D eigenvalue weighted by molar-refractivity contribution is -0.123. The maximum Gasteiger partial charge on any atom is 0.266 e. The van der Waals surface area contributed by atoms with Crippen LogP contribution in [0.3, 0.4) is 0 Å². The maximum absolute atomic E-state index is 13.0. The monoisotopic (exact) mass is 449 g/mol. The first-order valence-electron chi connectivity index (χ1n) is 9.56. The summed E-state index contributed by atoms with van der Waals surface area (Å²) >= 11 is 14.1. The predicted octanol–water partition coefficient (Wildman–Crippen LogP) is 6.49. The van der Waals surface area contributed by atoms with Gasteiger partial charge in [0.25, 0.3) is 5.91 Å². The highest BCUT2D eigenvalue weighted by Gasteiger charge is 2.35. The summed E-state index contributed by atoms with van der Waals surface area (Å²) in [5.41, 5.74) is 3.82. The molecule has 3 rings (SSSR count). The molecular weight excluding hydrogens is 425 g/mol. The maximum atomic E-state index is 13.0. The van der Waals surface area contributed by atoms with Crippen molar-refractivity contribution in [3.8, 4) is 5.69 Å². The van der Waals surface area contributed by atoms with Gasteiger partial charge >= 0.3 is 0 Å². The van der Waals surface area contributed by atoms with Gasteiger partial charge in [-0.3, -0.25) is 14.7 Å². The summed E-state index contributed by atoms with van der Waals surface area (Å²) in [5.74, 6) is -0.00464. The number of hydrogen-bond donors (Lipinski definition) is 0. The van der Waals surface area contributed by atoms with Gasteiger partial charge in [-0.1, -0.05) is 29.3 Å². The number of aryl methyl sites for hydroxylation is 1. The first kappa shape index (κ1) is 22.0. The van der Waals surface area contributed by atoms with E-state index in [1.807, 2.05) is 59.8 Å². The Bertz CT molecular complexity index is 1020. The number of carbonyl (C=O) groups excluding carboxylic acids is 1. The Morgan fingerprint density at radius 2 is 1.83 bits per heavy atom. The molecule has 1 aliphatic rings. The van der Waals surface area contributed by atoms with Gasteiger partial charge in [-0.05, 0) is 83.1 Å². The van der Waals surface area contributed by atoms with Crippen LogP contribution in [0.2, 0.25) is 10.0 Å². The molecule has 1 fully saturated rings. The Morgan fingerprint density at radius 3 is 2.45 bits per heavy atom. The van der Waals surface area contributed by atoms with E-state index in [0.29, 0.717) is 15.0 Å². The third-order valence-electron chi connectivity index (χ3n) is 4.65. The van der Waals surface area contributed by atoms with Crippen molar-refractivity contribution < 1.29 is 4.79 Å². The topological polar surface area (TPSA) is 37.6 Å². The zero-order valence-electron chi connectivity index (χ0n) is 17.5. The minimum atomic E-state index is -0.00464. The van der Waals surface area contributed by atoms with E-state index < -0.39 is 0 Å². The zero-order chi connectivity index (χ0) is 21.5. The van der Waals surface area contributed by atoms with Crippen molar-refractivity contribution in [2.24, 2.45) is 4.99 Å². The van der Waals surface area contributed by atoms with E-state index in [4.69, 9.17) is 23.2 Å². The van der Waals surface area contributed by atoms with Gasteiger partial charge in [0.05, 0.1) is 20.6 Å². The molecule has 0 aliphatic carbocycles. The number of aliphatic imine (C=N–C) groups is 1. The molecule has 1 aromatic heterocycles. The molecule has 1 aliphatic heterocycles. The van der Waals surface area contributed by atoms with Crippen LogP contribution in [0.1, 0.15) is 44.6 Å². The van der Waals surface area contributed by atoms with Crippen LogP contribution in [-0.4, -0.2) is 32.6 Å². The molecule has 0 atom stereocenters. The molecule has 29 heavy (non-hydrogen) atoms. The van der Waals surface area contributed by atoms with E-state index in [1.54, 1.807) is 11.0 Å². The lowest BCUT2D eigenvalue weighted by Crippen LogP contribution is -2.35. The van der Waals surface area contributed by atoms with Gasteiger partial charge in [0.15, 0.2) is 5.17 Å². The molecule has 1 saturated heterocycles. The van der Waals surface area contributed by atoms with Gasteiger partial charge < -0.3 is 4.57 Å². The van der Waals surface area contributed by atoms with Gasteiger partial charge in [0.1, 0.15) is 0 Å². The average molecular weight is 450 g/mol. The number of hydrogen-bond acceptors (Lipinski definition) is 3. The van der Waals surface area contributed by atoms with Crippen LogP contribution in [0.25, 0.3) is 11.8 Å². The molecule has 154 valence electrons. The molecule has 4 nitrogen and oxygen atoms in total. The molecule has 1 aromatic carbocycles. The SMILES string of the molecule is Cc1cc(/C=C2/SC(=NC(C)C)N(C(C)C)C2=O)c(C)n1-c1cccc(Cl)c1Cl. The quantitative estimate of drug-likeness (QED) is 0.500. The smallest absolute Gasteiger partial charge is 0.266 e. The second-order valence-corrected chi connectivity index (χ2v) is 9.41. The number of thioether (sulfide) groups is 1. The Labute approximate surface area is 186 Å². The van der Waals surface area contributed by atoms with Gasteiger partial charge in [-0.25, -0.2) is 0 Å². The van der Waals surface area contributed by atoms with Crippen LogP contribution in [0.5, 0.6) is 0 Å². The standard InChI is InChI=1S/C22H25Cl2N3OS/c1-12(2)25-22-26(13(3)4)21(28)19(29-22)11-16-10-14(5)27(15(16)6)18-9-7-8-17(23)20(18)24/h7-13H,1-6H3/b19-11+,25-22?. The number of benzene rings is 1. The van der Waals surface area contributed by atoms with Gasteiger partial charge in [-0.15, -0.1) is 0 Å². The number of halogens is 2. The molecule has 0 N–H and O–H groups in total. The normalized spacial score (nSPS) is 17.6. The second-order valence-electron chi connectivity index (χ2n) is 7.62. The average Bonchev–Trinajstić information content (AvgIpc) is 3.07. The van der Waals surface area contributed by atoms with Gasteiger partial charge in [0.2, 0.25) is 0 Å². The van der Waals surface area contributed by atoms with Crippen LogP contribution in [-0.2, 0) is 4.79 Å². The molecule has 0 saturated carbocycles. The highest BCUT2D eigenvalue weighted by Crippen LogP contribution is 2.36. The summed E-state index contributed by atoms with van der Waals surface area (Å²) in [5, 5.41) is 1.79. The van der Waals surface area contributed by atoms with E-state index in [9.17, 15) is 4.79 Å². The highest BCUT2D eigenvalue weighted by molar-refractivity contribution is 8.18. The summed E-state index contributed by atoms with van der Waals surface area (Å²) in [6.45, 7) is 12.1. The summed E-state index contributed by atoms with van der Waals surface area (Å²) in [6, 6.07) is 7.83. The lowest BCUT2D eigenvalue weighted by Gasteiger charge is -2.20. The fourth-order valence-electron chi connectivity index (χ4n) is 3.36. The highest BCUT2D eigenvalue weighted by atomic mass is 35.5. The Morgan fingerprint density at radius 1 is 1.14 bits per heavy atom. The van der Waals surface area contributed by atoms with Crippen molar-refractivity contribution in [1.29, 1.82) is 0 Å². The Kier molecular flexibility index (Phi) is 6.51. The van der Waals surface area contributed by atoms with Crippen LogP contribution in [0, 0.1) is 13.8 Å². The predicted molar refractivity (Wildman–Crippen MR) is 125 cm³/mol. The second kappa shape index (κ2) is 8.58. The number of rotatable bonds is 4. The number of carbonyl (C=O) groups is 1. The van der Waals surface area contributed by atoms with Gasteiger partial charge in [-0.2, -0.15) is 0 Å². The van der Waals surface area contributed by atoms with Crippen molar-refractivity contribution >= 4 is 52.1 Å². The first-order valence-corrected chi connectivity index (χ1v) is 11.1. The van der Waals surface area contributed by atoms with Crippen LogP contribution in [0.15, 0.2) is 34.2 Å².